The summed E-state index contributed by atoms with van der Waals surface area (Å²) in [6.45, 7) is 1.41. The van der Waals surface area contributed by atoms with E-state index in [0.717, 1.165) is 28.6 Å². The van der Waals surface area contributed by atoms with Gasteiger partial charge >= 0.3 is 5.97 Å². The van der Waals surface area contributed by atoms with Crippen LogP contribution in [0, 0.1) is 17.0 Å². The molecule has 6 nitrogen and oxygen atoms in total. The third-order valence-corrected chi connectivity index (χ3v) is 6.99. The number of methoxy groups -OCH3 is 1. The molecule has 5 rings (SSSR count). The molecule has 1 aromatic heterocycles. The lowest BCUT2D eigenvalue weighted by Gasteiger charge is -2.59. The number of aromatic nitrogens is 1. The molecule has 5 atom stereocenters. The number of fused-ring (bicyclic) bond motifs is 5. The maximum Gasteiger partial charge on any atom is 0.320 e. The van der Waals surface area contributed by atoms with Crippen molar-refractivity contribution < 1.29 is 18.9 Å². The molecule has 3 heterocycles. The van der Waals surface area contributed by atoms with Gasteiger partial charge in [-0.25, -0.2) is 0 Å². The first kappa shape index (κ1) is 16.3. The van der Waals surface area contributed by atoms with Crippen molar-refractivity contribution in [2.45, 2.75) is 24.3 Å². The third kappa shape index (κ3) is 1.84. The molecule has 1 aliphatic carbocycles. The zero-order valence-corrected chi connectivity index (χ0v) is 15.2. The van der Waals surface area contributed by atoms with Gasteiger partial charge in [0.2, 0.25) is 0 Å². The second-order valence-electron chi connectivity index (χ2n) is 8.17. The number of carbonyl (C=O) groups excluding carboxylic acids is 1. The summed E-state index contributed by atoms with van der Waals surface area (Å²) >= 11 is 0. The molecule has 4 bridgehead atoms. The number of hydroxylamine groups is 3. The number of likely N-dealkylation sites (tertiary alicyclic amines) is 1. The minimum atomic E-state index is -0.846. The molecule has 1 N–H and O–H groups in total. The summed E-state index contributed by atoms with van der Waals surface area (Å²) < 4.78 is 10.9. The summed E-state index contributed by atoms with van der Waals surface area (Å²) in [6.07, 6.45) is 1.53. The zero-order chi connectivity index (χ0) is 18.1. The van der Waals surface area contributed by atoms with E-state index < -0.39 is 5.41 Å². The van der Waals surface area contributed by atoms with Crippen LogP contribution in [0.15, 0.2) is 24.3 Å². The number of nitrogens with one attached hydrogen (secondary N) is 1. The van der Waals surface area contributed by atoms with E-state index >= 15 is 0 Å². The highest BCUT2D eigenvalue weighted by molar-refractivity contribution is 5.92. The normalized spacial score (nSPS) is 38.5. The quantitative estimate of drug-likeness (QED) is 0.484. The Morgan fingerprint density at radius 1 is 1.38 bits per heavy atom. The molecule has 0 radical (unpaired) electrons. The number of H-pyrrole nitrogens is 1. The predicted octanol–water partition coefficient (Wildman–Crippen LogP) is 2.63. The number of piperidine rings is 1. The molecule has 0 unspecified atom stereocenters. The summed E-state index contributed by atoms with van der Waals surface area (Å²) in [5.74, 6) is -0.0506. The fraction of sp³-hybridized carbons (Fsp3) is 0.550. The number of carbonyl (C=O) groups is 1. The van der Waals surface area contributed by atoms with Crippen molar-refractivity contribution in [1.29, 1.82) is 0 Å². The molecular formula is C20H24N2O4. The van der Waals surface area contributed by atoms with Crippen molar-refractivity contribution in [3.05, 3.63) is 40.7 Å². The van der Waals surface area contributed by atoms with Crippen molar-refractivity contribution >= 4 is 16.9 Å². The zero-order valence-electron chi connectivity index (χ0n) is 15.2. The van der Waals surface area contributed by atoms with Gasteiger partial charge in [0.15, 0.2) is 0 Å². The summed E-state index contributed by atoms with van der Waals surface area (Å²) in [4.78, 5) is 16.6. The topological polar surface area (TPSA) is 74.4 Å². The number of ether oxygens (including phenoxy) is 2. The van der Waals surface area contributed by atoms with Gasteiger partial charge in [0.05, 0.1) is 27.3 Å². The van der Waals surface area contributed by atoms with Crippen molar-refractivity contribution in [2.24, 2.45) is 11.8 Å². The highest BCUT2D eigenvalue weighted by Crippen LogP contribution is 2.60. The lowest BCUT2D eigenvalue weighted by Crippen LogP contribution is -2.62. The Kier molecular flexibility index (Phi) is 3.33. The van der Waals surface area contributed by atoms with E-state index in [1.54, 1.807) is 7.05 Å². The molecular weight excluding hydrogens is 332 g/mol. The minimum absolute atomic E-state index is 0.0724. The number of hydrogen-bond donors (Lipinski definition) is 1. The number of hydrogen-bond acceptors (Lipinski definition) is 4. The van der Waals surface area contributed by atoms with Gasteiger partial charge in [-0.15, -0.1) is 0 Å². The Bertz CT molecular complexity index is 889. The van der Waals surface area contributed by atoms with E-state index in [1.165, 1.54) is 7.11 Å². The van der Waals surface area contributed by atoms with Crippen LogP contribution in [-0.4, -0.2) is 49.5 Å². The second kappa shape index (κ2) is 5.31. The van der Waals surface area contributed by atoms with Gasteiger partial charge < -0.3 is 24.3 Å². The molecule has 2 aromatic rings. The Morgan fingerprint density at radius 2 is 2.19 bits per heavy atom. The van der Waals surface area contributed by atoms with Crippen LogP contribution >= 0.6 is 0 Å². The molecule has 0 amide bonds. The number of nitrogens with zero attached hydrogens (tertiary/aromatic N) is 1. The first-order valence-electron chi connectivity index (χ1n) is 9.34. The largest absolute Gasteiger partial charge is 0.633 e. The van der Waals surface area contributed by atoms with E-state index in [4.69, 9.17) is 9.47 Å². The Labute approximate surface area is 152 Å². The Balaban J connectivity index is 1.90. The van der Waals surface area contributed by atoms with E-state index in [2.05, 4.69) is 11.1 Å². The van der Waals surface area contributed by atoms with Gasteiger partial charge in [0, 0.05) is 41.1 Å². The highest BCUT2D eigenvalue weighted by Gasteiger charge is 2.64. The van der Waals surface area contributed by atoms with Gasteiger partial charge in [0.1, 0.15) is 11.5 Å². The number of para-hydroxylation sites is 1. The number of aromatic amines is 1. The van der Waals surface area contributed by atoms with Crippen molar-refractivity contribution in [2.75, 3.05) is 33.9 Å². The van der Waals surface area contributed by atoms with E-state index in [0.29, 0.717) is 26.2 Å². The first-order chi connectivity index (χ1) is 12.5. The first-order valence-corrected chi connectivity index (χ1v) is 9.34. The molecule has 2 fully saturated rings. The van der Waals surface area contributed by atoms with Gasteiger partial charge in [-0.3, -0.25) is 4.79 Å². The number of rotatable bonds is 1. The fourth-order valence-corrected chi connectivity index (χ4v) is 5.97. The molecule has 1 aromatic carbocycles. The molecule has 26 heavy (non-hydrogen) atoms. The third-order valence-electron chi connectivity index (χ3n) is 6.99. The average Bonchev–Trinajstić information content (AvgIpc) is 2.93. The SMILES string of the molecule is COC(=O)[C@@]12COCC[C@H]3[C@@H]1CC[N@@+](C)([O-])[C@H]3c1c2[nH]c2ccccc12. The van der Waals surface area contributed by atoms with Crippen LogP contribution in [0.5, 0.6) is 0 Å². The summed E-state index contributed by atoms with van der Waals surface area (Å²) in [5, 5.41) is 14.5. The second-order valence-corrected chi connectivity index (χ2v) is 8.17. The number of esters is 1. The van der Waals surface area contributed by atoms with Crippen molar-refractivity contribution in [3.8, 4) is 0 Å². The molecule has 2 saturated heterocycles. The van der Waals surface area contributed by atoms with Crippen LogP contribution in [0.3, 0.4) is 0 Å². The molecule has 138 valence electrons. The van der Waals surface area contributed by atoms with E-state index in [1.807, 2.05) is 18.2 Å². The Morgan fingerprint density at radius 3 is 3.00 bits per heavy atom. The van der Waals surface area contributed by atoms with Gasteiger partial charge in [-0.05, 0) is 18.4 Å². The van der Waals surface area contributed by atoms with Crippen LogP contribution in [0.1, 0.15) is 30.1 Å². The van der Waals surface area contributed by atoms with Crippen LogP contribution < -0.4 is 0 Å². The summed E-state index contributed by atoms with van der Waals surface area (Å²) in [6, 6.07) is 7.86. The van der Waals surface area contributed by atoms with Crippen molar-refractivity contribution in [3.63, 3.8) is 0 Å². The van der Waals surface area contributed by atoms with Gasteiger partial charge in [-0.2, -0.15) is 0 Å². The maximum absolute atomic E-state index is 13.5. The minimum Gasteiger partial charge on any atom is -0.633 e. The van der Waals surface area contributed by atoms with E-state index in [-0.39, 0.29) is 28.5 Å². The fourth-order valence-electron chi connectivity index (χ4n) is 5.97. The monoisotopic (exact) mass is 356 g/mol. The predicted molar refractivity (Wildman–Crippen MR) is 96.2 cm³/mol. The van der Waals surface area contributed by atoms with Gasteiger partial charge in [0.25, 0.3) is 0 Å². The van der Waals surface area contributed by atoms with Crippen LogP contribution in [0.25, 0.3) is 10.9 Å². The molecule has 2 aliphatic heterocycles. The van der Waals surface area contributed by atoms with Crippen LogP contribution in [0.2, 0.25) is 0 Å². The maximum atomic E-state index is 13.5. The van der Waals surface area contributed by atoms with E-state index in [9.17, 15) is 10.0 Å². The van der Waals surface area contributed by atoms with Gasteiger partial charge in [-0.1, -0.05) is 18.2 Å². The molecule has 0 saturated carbocycles. The standard InChI is InChI=1S/C20H24N2O4/c1-22(24)9-7-14-12-8-10-26-11-20(14,19(23)25-2)18-16(17(12)22)13-5-3-4-6-15(13)21-18/h3-6,12,14,17,21H,7-11H2,1-2H3/t12-,14-,17+,20-,22+/m0/s1. The lowest BCUT2D eigenvalue weighted by molar-refractivity contribution is -0.905. The smallest absolute Gasteiger partial charge is 0.320 e. The molecule has 6 heteroatoms. The average molecular weight is 356 g/mol. The van der Waals surface area contributed by atoms with Crippen LogP contribution in [-0.2, 0) is 19.7 Å². The molecule has 0 spiro atoms. The summed E-state index contributed by atoms with van der Waals surface area (Å²) in [5.41, 5.74) is 1.98. The lowest BCUT2D eigenvalue weighted by atomic mass is 9.56. The van der Waals surface area contributed by atoms with Crippen molar-refractivity contribution in [1.82, 2.24) is 4.98 Å². The number of quaternary nitrogens is 1. The number of benzene rings is 1. The van der Waals surface area contributed by atoms with Crippen LogP contribution in [0.4, 0.5) is 0 Å². The molecule has 3 aliphatic rings. The summed E-state index contributed by atoms with van der Waals surface area (Å²) in [7, 11) is 3.23. The highest BCUT2D eigenvalue weighted by atomic mass is 16.5. The Hall–Kier alpha value is -1.89.